The minimum Gasteiger partial charge on any atom is -0.352 e. The molecule has 0 radical (unpaired) electrons. The van der Waals surface area contributed by atoms with Crippen molar-refractivity contribution >= 4 is 5.91 Å². The van der Waals surface area contributed by atoms with Gasteiger partial charge in [-0.05, 0) is 12.8 Å². The van der Waals surface area contributed by atoms with Gasteiger partial charge in [0.25, 0.3) is 0 Å². The van der Waals surface area contributed by atoms with E-state index in [1.165, 1.54) is 0 Å². The molecule has 2 rings (SSSR count). The number of rotatable bonds is 3. The zero-order valence-electron chi connectivity index (χ0n) is 9.49. The number of hydrogen-bond donors (Lipinski definition) is 1. The lowest BCUT2D eigenvalue weighted by molar-refractivity contribution is -0.147. The van der Waals surface area contributed by atoms with Crippen molar-refractivity contribution in [1.82, 2.24) is 19.7 Å². The van der Waals surface area contributed by atoms with Crippen molar-refractivity contribution in [2.45, 2.75) is 31.6 Å². The molecule has 1 aliphatic carbocycles. The summed E-state index contributed by atoms with van der Waals surface area (Å²) in [5.74, 6) is -1.82. The number of aromatic nitrogens is 3. The molecule has 0 aliphatic heterocycles. The van der Waals surface area contributed by atoms with Gasteiger partial charge in [-0.2, -0.15) is 13.2 Å². The molecule has 9 heteroatoms. The minimum absolute atomic E-state index is 0.0824. The van der Waals surface area contributed by atoms with E-state index >= 15 is 0 Å². The molecule has 0 bridgehead atoms. The zero-order valence-corrected chi connectivity index (χ0v) is 9.49. The molecule has 1 heterocycles. The Bertz CT molecular complexity index is 527. The highest BCUT2D eigenvalue weighted by Crippen LogP contribution is 2.26. The summed E-state index contributed by atoms with van der Waals surface area (Å²) in [6.07, 6.45) is -3.00. The Balaban J connectivity index is 2.18. The van der Waals surface area contributed by atoms with E-state index in [1.807, 2.05) is 0 Å². The average molecular weight is 264 g/mol. The van der Waals surface area contributed by atoms with Gasteiger partial charge < -0.3 is 5.32 Å². The molecule has 1 aliphatic rings. The molecule has 6 nitrogen and oxygen atoms in total. The summed E-state index contributed by atoms with van der Waals surface area (Å²) < 4.78 is 38.3. The third kappa shape index (κ3) is 2.54. The first kappa shape index (κ1) is 12.7. The van der Waals surface area contributed by atoms with Crippen LogP contribution in [-0.2, 0) is 24.6 Å². The number of halogens is 3. The van der Waals surface area contributed by atoms with Gasteiger partial charge in [0.05, 0.1) is 0 Å². The van der Waals surface area contributed by atoms with E-state index in [2.05, 4.69) is 10.4 Å². The third-order valence-corrected chi connectivity index (χ3v) is 2.53. The lowest BCUT2D eigenvalue weighted by atomic mass is 10.5. The normalized spacial score (nSPS) is 15.8. The predicted octanol–water partition coefficient (Wildman–Crippen LogP) is -0.121. The van der Waals surface area contributed by atoms with Crippen LogP contribution in [0.2, 0.25) is 0 Å². The van der Waals surface area contributed by atoms with Crippen molar-refractivity contribution in [2.75, 3.05) is 0 Å². The number of hydrogen-bond acceptors (Lipinski definition) is 3. The fraction of sp³-hybridized carbons (Fsp3) is 0.667. The Kier molecular flexibility index (Phi) is 2.91. The standard InChI is InChI=1S/C9H11F3N4O2/c1-15-7(9(10,11)12)14-16(8(15)18)4-6(17)13-5-2-3-5/h5H,2-4H2,1H3,(H,13,17). The molecular weight excluding hydrogens is 253 g/mol. The van der Waals surface area contributed by atoms with Gasteiger partial charge in [0.2, 0.25) is 11.7 Å². The van der Waals surface area contributed by atoms with Gasteiger partial charge in [-0.3, -0.25) is 9.36 Å². The molecule has 18 heavy (non-hydrogen) atoms. The molecule has 1 aromatic heterocycles. The number of carbonyl (C=O) groups excluding carboxylic acids is 1. The second-order valence-electron chi connectivity index (χ2n) is 4.16. The van der Waals surface area contributed by atoms with Crippen LogP contribution in [0.4, 0.5) is 13.2 Å². The van der Waals surface area contributed by atoms with E-state index in [0.29, 0.717) is 9.25 Å². The predicted molar refractivity (Wildman–Crippen MR) is 53.6 cm³/mol. The van der Waals surface area contributed by atoms with E-state index < -0.39 is 30.1 Å². The monoisotopic (exact) mass is 264 g/mol. The molecule has 0 atom stereocenters. The van der Waals surface area contributed by atoms with Gasteiger partial charge in [-0.1, -0.05) is 0 Å². The van der Waals surface area contributed by atoms with Crippen molar-refractivity contribution in [3.8, 4) is 0 Å². The van der Waals surface area contributed by atoms with Crippen molar-refractivity contribution < 1.29 is 18.0 Å². The van der Waals surface area contributed by atoms with Gasteiger partial charge in [0.1, 0.15) is 6.54 Å². The second-order valence-corrected chi connectivity index (χ2v) is 4.16. The Hall–Kier alpha value is -1.80. The van der Waals surface area contributed by atoms with Gasteiger partial charge >= 0.3 is 11.9 Å². The Morgan fingerprint density at radius 1 is 1.50 bits per heavy atom. The molecule has 0 saturated heterocycles. The van der Waals surface area contributed by atoms with Crippen LogP contribution in [-0.4, -0.2) is 26.3 Å². The number of nitrogens with zero attached hydrogens (tertiary/aromatic N) is 3. The highest BCUT2D eigenvalue weighted by atomic mass is 19.4. The lowest BCUT2D eigenvalue weighted by Gasteiger charge is -2.03. The Labute approximate surface area is 99.4 Å². The largest absolute Gasteiger partial charge is 0.451 e. The van der Waals surface area contributed by atoms with E-state index in [0.717, 1.165) is 19.9 Å². The first-order valence-electron chi connectivity index (χ1n) is 5.29. The second kappa shape index (κ2) is 4.14. The van der Waals surface area contributed by atoms with E-state index in [-0.39, 0.29) is 6.04 Å². The number of nitrogens with one attached hydrogen (secondary N) is 1. The lowest BCUT2D eigenvalue weighted by Crippen LogP contribution is -2.34. The molecule has 0 unspecified atom stereocenters. The molecule has 100 valence electrons. The van der Waals surface area contributed by atoms with E-state index in [4.69, 9.17) is 0 Å². The summed E-state index contributed by atoms with van der Waals surface area (Å²) in [6.45, 7) is -0.501. The van der Waals surface area contributed by atoms with Crippen molar-refractivity contribution in [3.05, 3.63) is 16.3 Å². The molecule has 1 saturated carbocycles. The van der Waals surface area contributed by atoms with Crippen LogP contribution < -0.4 is 11.0 Å². The van der Waals surface area contributed by atoms with E-state index in [1.54, 1.807) is 0 Å². The van der Waals surface area contributed by atoms with Crippen LogP contribution in [0.1, 0.15) is 18.7 Å². The highest BCUT2D eigenvalue weighted by molar-refractivity contribution is 5.76. The maximum absolute atomic E-state index is 12.5. The number of amides is 1. The highest BCUT2D eigenvalue weighted by Gasteiger charge is 2.38. The molecule has 1 amide bonds. The first-order chi connectivity index (χ1) is 8.29. The molecule has 1 N–H and O–H groups in total. The van der Waals surface area contributed by atoms with Crippen LogP contribution in [0.3, 0.4) is 0 Å². The number of alkyl halides is 3. The van der Waals surface area contributed by atoms with Crippen LogP contribution in [0, 0.1) is 0 Å². The molecule has 1 aromatic rings. The number of carbonyl (C=O) groups is 1. The molecule has 0 aromatic carbocycles. The van der Waals surface area contributed by atoms with E-state index in [9.17, 15) is 22.8 Å². The van der Waals surface area contributed by atoms with Gasteiger partial charge in [0.15, 0.2) is 0 Å². The van der Waals surface area contributed by atoms with Crippen LogP contribution in [0.5, 0.6) is 0 Å². The fourth-order valence-corrected chi connectivity index (χ4v) is 1.47. The first-order valence-corrected chi connectivity index (χ1v) is 5.29. The maximum atomic E-state index is 12.5. The van der Waals surface area contributed by atoms with Crippen molar-refractivity contribution in [1.29, 1.82) is 0 Å². The average Bonchev–Trinajstić information content (AvgIpc) is 2.99. The van der Waals surface area contributed by atoms with Crippen molar-refractivity contribution in [3.63, 3.8) is 0 Å². The fourth-order valence-electron chi connectivity index (χ4n) is 1.47. The quantitative estimate of drug-likeness (QED) is 0.827. The van der Waals surface area contributed by atoms with Crippen LogP contribution in [0.25, 0.3) is 0 Å². The summed E-state index contributed by atoms with van der Waals surface area (Å²) in [5.41, 5.74) is -0.965. The Morgan fingerprint density at radius 3 is 2.56 bits per heavy atom. The molecule has 1 fully saturated rings. The Morgan fingerprint density at radius 2 is 2.11 bits per heavy atom. The summed E-state index contributed by atoms with van der Waals surface area (Å²) in [7, 11) is 0.966. The topological polar surface area (TPSA) is 68.9 Å². The van der Waals surface area contributed by atoms with Gasteiger partial charge in [0, 0.05) is 13.1 Å². The molecule has 0 spiro atoms. The van der Waals surface area contributed by atoms with Crippen LogP contribution in [0.15, 0.2) is 4.79 Å². The third-order valence-electron chi connectivity index (χ3n) is 2.53. The van der Waals surface area contributed by atoms with Gasteiger partial charge in [-0.15, -0.1) is 5.10 Å². The summed E-state index contributed by atoms with van der Waals surface area (Å²) in [5, 5.41) is 5.70. The SMILES string of the molecule is Cn1c(C(F)(F)F)nn(CC(=O)NC2CC2)c1=O. The minimum atomic E-state index is -4.72. The zero-order chi connectivity index (χ0) is 13.5. The maximum Gasteiger partial charge on any atom is 0.451 e. The smallest absolute Gasteiger partial charge is 0.352 e. The molecular formula is C9H11F3N4O2. The van der Waals surface area contributed by atoms with Crippen LogP contribution >= 0.6 is 0 Å². The van der Waals surface area contributed by atoms with Crippen molar-refractivity contribution in [2.24, 2.45) is 7.05 Å². The van der Waals surface area contributed by atoms with Gasteiger partial charge in [-0.25, -0.2) is 9.48 Å². The summed E-state index contributed by atoms with van der Waals surface area (Å²) in [6, 6.07) is 0.0824. The summed E-state index contributed by atoms with van der Waals surface area (Å²) >= 11 is 0. The summed E-state index contributed by atoms with van der Waals surface area (Å²) in [4.78, 5) is 22.8.